The van der Waals surface area contributed by atoms with Gasteiger partial charge < -0.3 is 9.80 Å². The highest BCUT2D eigenvalue weighted by molar-refractivity contribution is 6.01. The van der Waals surface area contributed by atoms with E-state index in [-0.39, 0.29) is 0 Å². The molecule has 2 heteroatoms. The third-order valence-corrected chi connectivity index (χ3v) is 16.7. The molecule has 0 amide bonds. The van der Waals surface area contributed by atoms with E-state index < -0.39 is 5.41 Å². The molecular formula is C79H54N2. The third kappa shape index (κ3) is 8.19. The van der Waals surface area contributed by atoms with Crippen molar-refractivity contribution in [3.05, 3.63) is 350 Å². The first kappa shape index (κ1) is 47.7. The van der Waals surface area contributed by atoms with E-state index in [4.69, 9.17) is 0 Å². The van der Waals surface area contributed by atoms with Gasteiger partial charge in [-0.15, -0.1) is 0 Å². The fraction of sp³-hybridized carbons (Fsp3) is 0.0127. The van der Waals surface area contributed by atoms with Crippen LogP contribution < -0.4 is 9.80 Å². The van der Waals surface area contributed by atoms with Gasteiger partial charge in [0.15, 0.2) is 0 Å². The molecule has 0 radical (unpaired) electrons. The number of nitrogens with zero attached hydrogens (tertiary/aromatic N) is 2. The maximum atomic E-state index is 2.44. The molecular weight excluding hydrogens is 977 g/mol. The third-order valence-electron chi connectivity index (χ3n) is 16.7. The summed E-state index contributed by atoms with van der Waals surface area (Å²) < 4.78 is 0. The molecule has 15 rings (SSSR count). The van der Waals surface area contributed by atoms with Crippen molar-refractivity contribution in [2.75, 3.05) is 9.80 Å². The van der Waals surface area contributed by atoms with Crippen LogP contribution in [0.4, 0.5) is 34.1 Å². The molecule has 2 aliphatic rings. The molecule has 0 unspecified atom stereocenters. The summed E-state index contributed by atoms with van der Waals surface area (Å²) in [5, 5.41) is 0. The second kappa shape index (κ2) is 20.0. The number of anilines is 6. The van der Waals surface area contributed by atoms with E-state index in [9.17, 15) is 0 Å². The molecule has 0 heterocycles. The Morgan fingerprint density at radius 1 is 0.173 bits per heavy atom. The van der Waals surface area contributed by atoms with Gasteiger partial charge in [-0.3, -0.25) is 0 Å². The highest BCUT2D eigenvalue weighted by atomic mass is 15.2. The van der Waals surface area contributed by atoms with Crippen molar-refractivity contribution in [1.82, 2.24) is 0 Å². The fourth-order valence-electron chi connectivity index (χ4n) is 13.0. The first-order chi connectivity index (χ1) is 40.2. The highest BCUT2D eigenvalue weighted by Gasteiger charge is 2.52. The van der Waals surface area contributed by atoms with Gasteiger partial charge in [-0.25, -0.2) is 0 Å². The summed E-state index contributed by atoms with van der Waals surface area (Å²) in [5.74, 6) is 0. The van der Waals surface area contributed by atoms with E-state index in [0.29, 0.717) is 0 Å². The monoisotopic (exact) mass is 1030 g/mol. The van der Waals surface area contributed by atoms with Gasteiger partial charge in [0.25, 0.3) is 0 Å². The van der Waals surface area contributed by atoms with Crippen LogP contribution in [0.25, 0.3) is 77.9 Å². The van der Waals surface area contributed by atoms with E-state index >= 15 is 0 Å². The van der Waals surface area contributed by atoms with Crippen molar-refractivity contribution < 1.29 is 0 Å². The molecule has 13 aromatic rings. The van der Waals surface area contributed by atoms with Gasteiger partial charge in [-0.2, -0.15) is 0 Å². The minimum atomic E-state index is -0.490. The van der Waals surface area contributed by atoms with Crippen molar-refractivity contribution in [3.8, 4) is 77.9 Å². The van der Waals surface area contributed by atoms with Crippen LogP contribution in [0.15, 0.2) is 328 Å². The molecule has 0 atom stereocenters. The molecule has 0 saturated carbocycles. The van der Waals surface area contributed by atoms with Gasteiger partial charge in [-0.05, 0) is 167 Å². The van der Waals surface area contributed by atoms with Crippen LogP contribution >= 0.6 is 0 Å². The molecule has 1 spiro atoms. The maximum absolute atomic E-state index is 2.44. The zero-order valence-electron chi connectivity index (χ0n) is 44.6. The molecule has 81 heavy (non-hydrogen) atoms. The Hall–Kier alpha value is -10.5. The van der Waals surface area contributed by atoms with Crippen LogP contribution in [-0.4, -0.2) is 0 Å². The molecule has 0 N–H and O–H groups in total. The van der Waals surface area contributed by atoms with E-state index in [0.717, 1.165) is 39.7 Å². The summed E-state index contributed by atoms with van der Waals surface area (Å²) in [6, 6.07) is 120. The lowest BCUT2D eigenvalue weighted by molar-refractivity contribution is 0.794. The smallest absolute Gasteiger partial charge is 0.0725 e. The first-order valence-electron chi connectivity index (χ1n) is 28.0. The highest BCUT2D eigenvalue weighted by Crippen LogP contribution is 2.64. The van der Waals surface area contributed by atoms with Gasteiger partial charge in [-0.1, -0.05) is 261 Å². The minimum absolute atomic E-state index is 0.490. The molecule has 0 bridgehead atoms. The molecule has 0 aliphatic heterocycles. The Kier molecular flexibility index (Phi) is 11.8. The number of hydrogen-bond donors (Lipinski definition) is 0. The molecule has 2 nitrogen and oxygen atoms in total. The molecule has 0 saturated heterocycles. The zero-order valence-corrected chi connectivity index (χ0v) is 44.6. The Bertz CT molecular complexity index is 4000. The molecule has 0 aromatic heterocycles. The Morgan fingerprint density at radius 3 is 0.802 bits per heavy atom. The predicted molar refractivity (Wildman–Crippen MR) is 339 cm³/mol. The summed E-state index contributed by atoms with van der Waals surface area (Å²) in [7, 11) is 0. The minimum Gasteiger partial charge on any atom is -0.310 e. The first-order valence-corrected chi connectivity index (χ1v) is 28.0. The van der Waals surface area contributed by atoms with Gasteiger partial charge in [0.2, 0.25) is 0 Å². The van der Waals surface area contributed by atoms with Crippen molar-refractivity contribution in [3.63, 3.8) is 0 Å². The largest absolute Gasteiger partial charge is 0.310 e. The van der Waals surface area contributed by atoms with Crippen LogP contribution in [0.2, 0.25) is 0 Å². The van der Waals surface area contributed by atoms with E-state index in [1.807, 2.05) is 0 Å². The molecule has 380 valence electrons. The Balaban J connectivity index is 0.989. The number of hydrogen-bond acceptors (Lipinski definition) is 2. The van der Waals surface area contributed by atoms with Crippen molar-refractivity contribution in [1.29, 1.82) is 0 Å². The summed E-state index contributed by atoms with van der Waals surface area (Å²) >= 11 is 0. The average Bonchev–Trinajstić information content (AvgIpc) is 1.88. The van der Waals surface area contributed by atoms with Crippen LogP contribution in [0.1, 0.15) is 22.3 Å². The van der Waals surface area contributed by atoms with Crippen LogP contribution in [-0.2, 0) is 5.41 Å². The topological polar surface area (TPSA) is 6.48 Å². The summed E-state index contributed by atoms with van der Waals surface area (Å²) in [6.07, 6.45) is 0. The quantitative estimate of drug-likeness (QED) is 0.127. The number of benzene rings is 13. The Labute approximate surface area is 474 Å². The SMILES string of the molecule is c1ccc(-c2ccc(N(c3ccc(-c4ccccc4)cc3)c3cc(-c4cccc5c4-c4ccccc4C54c5ccccc5-c5ccccc54)cc(N(c4ccc(-c5ccccc5)cc4)c4ccc(-c5ccccc5)cc4)c3)cc2)cc1. The Morgan fingerprint density at radius 2 is 0.444 bits per heavy atom. The molecule has 2 aliphatic carbocycles. The summed E-state index contributed by atoms with van der Waals surface area (Å²) in [5.41, 5.74) is 27.9. The van der Waals surface area contributed by atoms with Gasteiger partial charge >= 0.3 is 0 Å². The fourth-order valence-corrected chi connectivity index (χ4v) is 13.0. The van der Waals surface area contributed by atoms with Crippen molar-refractivity contribution >= 4 is 34.1 Å². The van der Waals surface area contributed by atoms with Crippen molar-refractivity contribution in [2.45, 2.75) is 5.41 Å². The van der Waals surface area contributed by atoms with Crippen LogP contribution in [0, 0.1) is 0 Å². The summed E-state index contributed by atoms with van der Waals surface area (Å²) in [6.45, 7) is 0. The lowest BCUT2D eigenvalue weighted by atomic mass is 9.70. The molecule has 13 aromatic carbocycles. The standard InChI is InChI=1S/C79H54N2/c1-5-20-55(21-6-1)59-36-44-64(45-37-59)80(65-46-38-60(39-47-65)56-22-7-2-8-23-56)68-52-63(70-31-19-35-77-78(70)73-30-15-18-34-76(73)79(77)74-32-16-13-28-71(74)72-29-14-17-33-75(72)79)53-69(54-68)81(66-48-40-61(41-49-66)57-24-9-3-10-25-57)67-50-42-62(43-51-67)58-26-11-4-12-27-58/h1-54H. The van der Waals surface area contributed by atoms with Crippen molar-refractivity contribution in [2.24, 2.45) is 0 Å². The zero-order chi connectivity index (χ0) is 53.7. The van der Waals surface area contributed by atoms with Gasteiger partial charge in [0.1, 0.15) is 0 Å². The lowest BCUT2D eigenvalue weighted by Crippen LogP contribution is -2.25. The normalized spacial score (nSPS) is 12.3. The summed E-state index contributed by atoms with van der Waals surface area (Å²) in [4.78, 5) is 4.88. The average molecular weight is 1030 g/mol. The lowest BCUT2D eigenvalue weighted by Gasteiger charge is -2.31. The number of rotatable bonds is 11. The maximum Gasteiger partial charge on any atom is 0.0725 e. The van der Waals surface area contributed by atoms with Crippen LogP contribution in [0.3, 0.4) is 0 Å². The second-order valence-corrected chi connectivity index (χ2v) is 21.2. The number of fused-ring (bicyclic) bond motifs is 10. The predicted octanol–water partition coefficient (Wildman–Crippen LogP) is 21.3. The second-order valence-electron chi connectivity index (χ2n) is 21.2. The van der Waals surface area contributed by atoms with Crippen LogP contribution in [0.5, 0.6) is 0 Å². The van der Waals surface area contributed by atoms with E-state index in [1.54, 1.807) is 0 Å². The molecule has 0 fully saturated rings. The van der Waals surface area contributed by atoms with E-state index in [1.165, 1.54) is 94.6 Å². The van der Waals surface area contributed by atoms with Gasteiger partial charge in [0.05, 0.1) is 5.41 Å². The van der Waals surface area contributed by atoms with Gasteiger partial charge in [0, 0.05) is 34.1 Å². The van der Waals surface area contributed by atoms with E-state index in [2.05, 4.69) is 337 Å².